The summed E-state index contributed by atoms with van der Waals surface area (Å²) in [7, 11) is 0. The smallest absolute Gasteiger partial charge is 0.319 e. The minimum Gasteiger partial charge on any atom is -0.508 e. The number of nitrogens with one attached hydrogen (secondary N) is 2. The number of benzene rings is 3. The highest BCUT2D eigenvalue weighted by Gasteiger charge is 2.50. The number of hydrogen-bond acceptors (Lipinski definition) is 15. The standard InChI is InChI=1S/C59H67F2N11O6S/c1-32(34-11-13-35(14-12-34)53-33(2)64-31-79-53)65-56(76)46-24-42(74)29-71(46)57(77)54(59(3,4)5)72-40(17-18-48(72)75)9-7-20-69-21-19-37(25-62)47(69)30-78-58-67-52-44(55(68-58)70-27-38-15-16-39(28-70)66-38)26-63-51(50(52)61)43-23-41(73)22-36-8-6-10-45(60)49(36)43/h6,8,10-14,22-23,26,31-32,37-40,42,46-47,54,66,73-74H,7,9,15-21,24,27-30H2,1-5H3,(H,65,76)/t32-,37+,38?,39?,40-,42+,46-,47+,54+/m0/s1. The second-order valence-electron chi connectivity index (χ2n) is 23.2. The Morgan fingerprint density at radius 1 is 1.03 bits per heavy atom. The molecule has 4 N–H and O–H groups in total. The van der Waals surface area contributed by atoms with Crippen LogP contribution in [0.2, 0.25) is 0 Å². The van der Waals surface area contributed by atoms with Crippen molar-refractivity contribution in [1.82, 2.24) is 45.3 Å². The predicted molar refractivity (Wildman–Crippen MR) is 296 cm³/mol. The van der Waals surface area contributed by atoms with Crippen LogP contribution in [0, 0.1) is 41.2 Å². The number of thiazole rings is 1. The highest BCUT2D eigenvalue weighted by molar-refractivity contribution is 7.13. The molecular formula is C59H67F2N11O6S. The number of aromatic hydroxyl groups is 1. The van der Waals surface area contributed by atoms with E-state index in [1.165, 1.54) is 35.4 Å². The maximum atomic E-state index is 17.2. The van der Waals surface area contributed by atoms with Crippen LogP contribution in [0.1, 0.15) is 96.4 Å². The molecule has 8 heterocycles. The Labute approximate surface area is 462 Å². The van der Waals surface area contributed by atoms with Crippen LogP contribution < -0.4 is 20.3 Å². The molecule has 9 atom stereocenters. The van der Waals surface area contributed by atoms with E-state index in [1.54, 1.807) is 22.3 Å². The van der Waals surface area contributed by atoms with E-state index >= 15 is 8.78 Å². The summed E-state index contributed by atoms with van der Waals surface area (Å²) in [6.45, 7) is 12.1. The molecule has 5 saturated heterocycles. The van der Waals surface area contributed by atoms with Crippen LogP contribution >= 0.6 is 11.3 Å². The molecule has 0 radical (unpaired) electrons. The van der Waals surface area contributed by atoms with Crippen molar-refractivity contribution in [2.45, 2.75) is 134 Å². The first-order chi connectivity index (χ1) is 37.9. The van der Waals surface area contributed by atoms with Crippen molar-refractivity contribution in [3.05, 3.63) is 89.2 Å². The summed E-state index contributed by atoms with van der Waals surface area (Å²) in [4.78, 5) is 70.0. The van der Waals surface area contributed by atoms with Crippen molar-refractivity contribution in [3.63, 3.8) is 0 Å². The van der Waals surface area contributed by atoms with Crippen molar-refractivity contribution in [3.8, 4) is 39.5 Å². The molecule has 0 saturated carbocycles. The number of phenols is 1. The third-order valence-electron chi connectivity index (χ3n) is 16.9. The number of aryl methyl sites for hydroxylation is 1. The number of aromatic nitrogens is 4. The molecule has 5 fully saturated rings. The molecule has 0 spiro atoms. The maximum absolute atomic E-state index is 17.2. The van der Waals surface area contributed by atoms with E-state index in [4.69, 9.17) is 9.72 Å². The van der Waals surface area contributed by atoms with Crippen LogP contribution in [0.5, 0.6) is 11.8 Å². The van der Waals surface area contributed by atoms with Gasteiger partial charge in [-0.2, -0.15) is 15.2 Å². The lowest BCUT2D eigenvalue weighted by atomic mass is 9.83. The Morgan fingerprint density at radius 2 is 1.80 bits per heavy atom. The highest BCUT2D eigenvalue weighted by atomic mass is 32.1. The molecular weight excluding hydrogens is 1030 g/mol. The van der Waals surface area contributed by atoms with Gasteiger partial charge >= 0.3 is 6.01 Å². The van der Waals surface area contributed by atoms with Gasteiger partial charge < -0.3 is 40.3 Å². The number of halogens is 2. The van der Waals surface area contributed by atoms with Crippen LogP contribution in [-0.2, 0) is 14.4 Å². The number of carbonyl (C=O) groups excluding carboxylic acids is 3. The van der Waals surface area contributed by atoms with Gasteiger partial charge in [0.25, 0.3) is 0 Å². The largest absolute Gasteiger partial charge is 0.508 e. The van der Waals surface area contributed by atoms with Gasteiger partial charge in [0.05, 0.1) is 51.6 Å². The van der Waals surface area contributed by atoms with E-state index in [-0.39, 0.29) is 114 Å². The third kappa shape index (κ3) is 10.7. The molecule has 5 aliphatic heterocycles. The molecule has 6 aromatic rings. The van der Waals surface area contributed by atoms with Crippen molar-refractivity contribution >= 4 is 56.6 Å². The zero-order valence-electron chi connectivity index (χ0n) is 45.2. The first kappa shape index (κ1) is 54.1. The zero-order chi connectivity index (χ0) is 55.4. The first-order valence-electron chi connectivity index (χ1n) is 27.6. The van der Waals surface area contributed by atoms with Crippen molar-refractivity contribution < 1.29 is 38.1 Å². The number of piperazine rings is 1. The molecule has 414 valence electrons. The monoisotopic (exact) mass is 1100 g/mol. The summed E-state index contributed by atoms with van der Waals surface area (Å²) < 4.78 is 39.0. The lowest BCUT2D eigenvalue weighted by Gasteiger charge is -2.43. The van der Waals surface area contributed by atoms with Gasteiger partial charge in [-0.1, -0.05) is 57.2 Å². The van der Waals surface area contributed by atoms with Crippen molar-refractivity contribution in [2.75, 3.05) is 44.2 Å². The molecule has 79 heavy (non-hydrogen) atoms. The number of fused-ring (bicyclic) bond motifs is 4. The number of rotatable bonds is 15. The van der Waals surface area contributed by atoms with Gasteiger partial charge in [0.2, 0.25) is 17.7 Å². The molecule has 20 heteroatoms. The Hall–Kier alpha value is -6.92. The summed E-state index contributed by atoms with van der Waals surface area (Å²) in [5.74, 6) is -2.38. The number of carbonyl (C=O) groups is 3. The summed E-state index contributed by atoms with van der Waals surface area (Å²) in [5, 5.41) is 39.6. The third-order valence-corrected chi connectivity index (χ3v) is 17.8. The van der Waals surface area contributed by atoms with Crippen LogP contribution in [-0.4, -0.2) is 144 Å². The molecule has 2 unspecified atom stereocenters. The van der Waals surface area contributed by atoms with Crippen LogP contribution in [0.4, 0.5) is 14.6 Å². The molecule has 3 amide bonds. The highest BCUT2D eigenvalue weighted by Crippen LogP contribution is 2.41. The number of anilines is 1. The fourth-order valence-corrected chi connectivity index (χ4v) is 13.8. The summed E-state index contributed by atoms with van der Waals surface area (Å²) in [6.07, 6.45) is 5.29. The Kier molecular flexibility index (Phi) is 15.0. The lowest BCUT2D eigenvalue weighted by Crippen LogP contribution is -2.59. The van der Waals surface area contributed by atoms with Crippen molar-refractivity contribution in [2.24, 2.45) is 11.3 Å². The second-order valence-corrected chi connectivity index (χ2v) is 24.1. The van der Waals surface area contributed by atoms with Gasteiger partial charge in [-0.3, -0.25) is 24.3 Å². The number of pyridine rings is 1. The zero-order valence-corrected chi connectivity index (χ0v) is 46.0. The first-order valence-corrected chi connectivity index (χ1v) is 28.5. The van der Waals surface area contributed by atoms with Gasteiger partial charge in [0, 0.05) is 67.7 Å². The minimum absolute atomic E-state index is 0.0287. The van der Waals surface area contributed by atoms with Crippen LogP contribution in [0.25, 0.3) is 43.4 Å². The topological polar surface area (TPSA) is 213 Å². The number of aliphatic hydroxyl groups excluding tert-OH is 1. The number of ether oxygens (including phenoxy) is 1. The number of hydrogen-bond donors (Lipinski definition) is 4. The fraction of sp³-hybridized carbons (Fsp3) is 0.492. The fourth-order valence-electron chi connectivity index (χ4n) is 13.0. The van der Waals surface area contributed by atoms with E-state index in [2.05, 4.69) is 41.5 Å². The Morgan fingerprint density at radius 3 is 2.52 bits per heavy atom. The molecule has 0 aliphatic carbocycles. The number of likely N-dealkylation sites (tertiary alicyclic amines) is 3. The van der Waals surface area contributed by atoms with E-state index in [0.717, 1.165) is 34.5 Å². The minimum atomic E-state index is -0.930. The van der Waals surface area contributed by atoms with Crippen LogP contribution in [0.3, 0.4) is 0 Å². The summed E-state index contributed by atoms with van der Waals surface area (Å²) in [5.41, 5.74) is 3.79. The Balaban J connectivity index is 0.787. The number of nitrogens with zero attached hydrogens (tertiary/aromatic N) is 9. The van der Waals surface area contributed by atoms with Gasteiger partial charge in [-0.25, -0.2) is 13.8 Å². The SMILES string of the molecule is Cc1ncsc1-c1ccc([C@H](C)NC(=O)[C@@H]2C[C@@H](O)CN2C(=O)[C@@H](N2C(=O)CC[C@@H]2CCCN2CC[C@H](C#N)[C@H]2COc2nc(N3CC4CCC(C3)N4)c3cnc(-c4cc(O)cc5cccc(F)c45)c(F)c3n2)C(C)(C)C)cc1. The van der Waals surface area contributed by atoms with Crippen molar-refractivity contribution in [1.29, 1.82) is 5.26 Å². The van der Waals surface area contributed by atoms with E-state index in [1.807, 2.05) is 64.4 Å². The molecule has 3 aromatic heterocycles. The quantitative estimate of drug-likeness (QED) is 0.0772. The van der Waals surface area contributed by atoms with E-state index < -0.39 is 35.2 Å². The number of phenolic OH excluding ortho intramolecular Hbond substituents is 1. The summed E-state index contributed by atoms with van der Waals surface area (Å²) in [6, 6.07) is 15.1. The maximum Gasteiger partial charge on any atom is 0.319 e. The average Bonchev–Trinajstić information content (AvgIpc) is 4.42. The van der Waals surface area contributed by atoms with Gasteiger partial charge in [-0.05, 0) is 106 Å². The molecule has 17 nitrogen and oxygen atoms in total. The number of amides is 3. The van der Waals surface area contributed by atoms with Gasteiger partial charge in [0.15, 0.2) is 5.82 Å². The van der Waals surface area contributed by atoms with Gasteiger partial charge in [-0.15, -0.1) is 11.3 Å². The molecule has 2 bridgehead atoms. The molecule has 3 aromatic carbocycles. The van der Waals surface area contributed by atoms with E-state index in [9.17, 15) is 29.9 Å². The van der Waals surface area contributed by atoms with Crippen LogP contribution in [0.15, 0.2) is 66.3 Å². The second kappa shape index (κ2) is 22.0. The molecule has 11 rings (SSSR count). The lowest BCUT2D eigenvalue weighted by molar-refractivity contribution is -0.152. The Bertz CT molecular complexity index is 3340. The normalized spacial score (nSPS) is 24.2. The number of β-amino-alcohol motifs (C(OH)–C–C–N with tert-alkyl or cyclic N) is 1. The summed E-state index contributed by atoms with van der Waals surface area (Å²) >= 11 is 1.57. The average molecular weight is 1100 g/mol. The predicted octanol–water partition coefficient (Wildman–Crippen LogP) is 7.82. The molecule has 5 aliphatic rings. The van der Waals surface area contributed by atoms with Gasteiger partial charge in [0.1, 0.15) is 47.3 Å². The number of aliphatic hydroxyl groups is 1. The van der Waals surface area contributed by atoms with E-state index in [0.29, 0.717) is 68.5 Å². The number of nitriles is 1.